The molecule has 0 aliphatic rings. The van der Waals surface area contributed by atoms with Gasteiger partial charge in [0, 0.05) is 6.54 Å². The van der Waals surface area contributed by atoms with Crippen molar-refractivity contribution in [2.24, 2.45) is 0 Å². The molecule has 0 aliphatic carbocycles. The van der Waals surface area contributed by atoms with E-state index >= 15 is 0 Å². The van der Waals surface area contributed by atoms with Crippen LogP contribution in [0.15, 0.2) is 27.8 Å². The van der Waals surface area contributed by atoms with Crippen molar-refractivity contribution in [2.45, 2.75) is 13.3 Å². The third-order valence-electron chi connectivity index (χ3n) is 2.91. The molecular weight excluding hydrogens is 262 g/mol. The van der Waals surface area contributed by atoms with E-state index in [1.807, 2.05) is 0 Å². The topological polar surface area (TPSA) is 95.9 Å². The zero-order chi connectivity index (χ0) is 14.7. The average molecular weight is 277 g/mol. The molecule has 0 amide bonds. The number of hydrogen-bond acceptors (Lipinski definition) is 6. The van der Waals surface area contributed by atoms with Gasteiger partial charge in [-0.1, -0.05) is 6.07 Å². The summed E-state index contributed by atoms with van der Waals surface area (Å²) in [6.07, 6.45) is 0.526. The Labute approximate surface area is 115 Å². The van der Waals surface area contributed by atoms with Gasteiger partial charge in [0.15, 0.2) is 17.2 Å². The Kier molecular flexibility index (Phi) is 3.93. The fourth-order valence-corrected chi connectivity index (χ4v) is 1.87. The second kappa shape index (κ2) is 5.64. The molecule has 6 heteroatoms. The quantitative estimate of drug-likeness (QED) is 0.532. The standard InChI is InChI=1S/C14H15NO5/c1-2-20-14-11(12(18)13(14)19)15-6-5-8-3-4-9(16)10(17)7-8/h3-4,7,15-17H,2,5-6H2,1H3. The molecule has 6 nitrogen and oxygen atoms in total. The second-order valence-corrected chi connectivity index (χ2v) is 4.30. The van der Waals surface area contributed by atoms with Crippen molar-refractivity contribution in [3.8, 4) is 17.2 Å². The van der Waals surface area contributed by atoms with Crippen molar-refractivity contribution in [3.05, 3.63) is 44.2 Å². The van der Waals surface area contributed by atoms with Crippen molar-refractivity contribution in [1.82, 2.24) is 0 Å². The van der Waals surface area contributed by atoms with Crippen LogP contribution in [0.3, 0.4) is 0 Å². The summed E-state index contributed by atoms with van der Waals surface area (Å²) in [5, 5.41) is 21.4. The van der Waals surface area contributed by atoms with Crippen molar-refractivity contribution in [2.75, 3.05) is 18.5 Å². The van der Waals surface area contributed by atoms with Gasteiger partial charge in [0.05, 0.1) is 6.61 Å². The lowest BCUT2D eigenvalue weighted by molar-refractivity contribution is 0.334. The van der Waals surface area contributed by atoms with Gasteiger partial charge in [0.25, 0.3) is 10.9 Å². The molecule has 0 bridgehead atoms. The first-order valence-electron chi connectivity index (χ1n) is 6.25. The van der Waals surface area contributed by atoms with Gasteiger partial charge < -0.3 is 20.3 Å². The molecule has 2 aromatic rings. The van der Waals surface area contributed by atoms with Crippen LogP contribution in [0.1, 0.15) is 12.5 Å². The van der Waals surface area contributed by atoms with Crippen LogP contribution < -0.4 is 20.9 Å². The molecule has 106 valence electrons. The minimum atomic E-state index is -0.600. The Hall–Kier alpha value is -2.50. The van der Waals surface area contributed by atoms with Crippen molar-refractivity contribution in [3.63, 3.8) is 0 Å². The monoisotopic (exact) mass is 277 g/mol. The molecule has 0 atom stereocenters. The van der Waals surface area contributed by atoms with E-state index in [0.717, 1.165) is 5.56 Å². The van der Waals surface area contributed by atoms with Gasteiger partial charge in [-0.15, -0.1) is 0 Å². The molecule has 0 fully saturated rings. The van der Waals surface area contributed by atoms with E-state index in [4.69, 9.17) is 4.74 Å². The Morgan fingerprint density at radius 2 is 1.90 bits per heavy atom. The van der Waals surface area contributed by atoms with E-state index in [1.54, 1.807) is 13.0 Å². The lowest BCUT2D eigenvalue weighted by Gasteiger charge is -2.13. The molecule has 0 saturated heterocycles. The minimum Gasteiger partial charge on any atom is -0.504 e. The highest BCUT2D eigenvalue weighted by Crippen LogP contribution is 2.25. The Balaban J connectivity index is 1.96. The average Bonchev–Trinajstić information content (AvgIpc) is 2.45. The minimum absolute atomic E-state index is 0.0889. The van der Waals surface area contributed by atoms with E-state index in [0.29, 0.717) is 19.6 Å². The number of ether oxygens (including phenoxy) is 1. The molecular formula is C14H15NO5. The zero-order valence-electron chi connectivity index (χ0n) is 11.0. The number of anilines is 1. The number of aromatic hydroxyl groups is 2. The first-order valence-corrected chi connectivity index (χ1v) is 6.25. The molecule has 0 aromatic heterocycles. The van der Waals surface area contributed by atoms with E-state index in [-0.39, 0.29) is 22.9 Å². The van der Waals surface area contributed by atoms with E-state index in [1.165, 1.54) is 12.1 Å². The molecule has 3 N–H and O–H groups in total. The summed E-state index contributed by atoms with van der Waals surface area (Å²) in [7, 11) is 0. The molecule has 0 aliphatic heterocycles. The van der Waals surface area contributed by atoms with Crippen LogP contribution in [-0.4, -0.2) is 23.4 Å². The lowest BCUT2D eigenvalue weighted by atomic mass is 10.1. The van der Waals surface area contributed by atoms with Gasteiger partial charge in [-0.25, -0.2) is 0 Å². The zero-order valence-corrected chi connectivity index (χ0v) is 11.0. The van der Waals surface area contributed by atoms with Crippen LogP contribution in [0.5, 0.6) is 17.2 Å². The van der Waals surface area contributed by atoms with E-state index < -0.39 is 10.9 Å². The Bertz CT molecular complexity index is 685. The molecule has 20 heavy (non-hydrogen) atoms. The summed E-state index contributed by atoms with van der Waals surface area (Å²) >= 11 is 0. The summed E-state index contributed by atoms with van der Waals surface area (Å²) in [6, 6.07) is 4.51. The SMILES string of the molecule is CCOc1c(NCCc2ccc(O)c(O)c2)c(=O)c1=O. The number of hydrogen-bond donors (Lipinski definition) is 3. The van der Waals surface area contributed by atoms with Gasteiger partial charge >= 0.3 is 0 Å². The number of phenols is 2. The molecule has 0 unspecified atom stereocenters. The number of phenolic OH excluding ortho intramolecular Hbond substituents is 2. The predicted octanol–water partition coefficient (Wildman–Crippen LogP) is 0.747. The number of nitrogens with one attached hydrogen (secondary N) is 1. The summed E-state index contributed by atoms with van der Waals surface area (Å²) in [5.41, 5.74) is -0.164. The maximum atomic E-state index is 11.4. The summed E-state index contributed by atoms with van der Waals surface area (Å²) in [4.78, 5) is 22.6. The molecule has 2 rings (SSSR count). The van der Waals surface area contributed by atoms with Crippen LogP contribution in [-0.2, 0) is 6.42 Å². The molecule has 0 saturated carbocycles. The highest BCUT2D eigenvalue weighted by Gasteiger charge is 2.21. The second-order valence-electron chi connectivity index (χ2n) is 4.30. The van der Waals surface area contributed by atoms with Gasteiger partial charge in [-0.2, -0.15) is 0 Å². The van der Waals surface area contributed by atoms with Gasteiger partial charge in [0.1, 0.15) is 5.69 Å². The smallest absolute Gasteiger partial charge is 0.272 e. The predicted molar refractivity (Wildman–Crippen MR) is 74.5 cm³/mol. The third-order valence-corrected chi connectivity index (χ3v) is 2.91. The maximum Gasteiger partial charge on any atom is 0.272 e. The summed E-state index contributed by atoms with van der Waals surface area (Å²) in [6.45, 7) is 2.47. The van der Waals surface area contributed by atoms with Crippen LogP contribution in [0.4, 0.5) is 5.69 Å². The van der Waals surface area contributed by atoms with Crippen LogP contribution in [0.2, 0.25) is 0 Å². The first-order chi connectivity index (χ1) is 9.54. The normalized spacial score (nSPS) is 10.7. The number of rotatable bonds is 6. The van der Waals surface area contributed by atoms with Crippen molar-refractivity contribution in [1.29, 1.82) is 0 Å². The molecule has 0 heterocycles. The van der Waals surface area contributed by atoms with Crippen LogP contribution in [0.25, 0.3) is 0 Å². The van der Waals surface area contributed by atoms with E-state index in [9.17, 15) is 19.8 Å². The molecule has 0 spiro atoms. The van der Waals surface area contributed by atoms with Gasteiger partial charge in [-0.05, 0) is 31.0 Å². The van der Waals surface area contributed by atoms with Crippen LogP contribution in [0, 0.1) is 0 Å². The number of benzene rings is 1. The largest absolute Gasteiger partial charge is 0.504 e. The fourth-order valence-electron chi connectivity index (χ4n) is 1.87. The van der Waals surface area contributed by atoms with Crippen LogP contribution >= 0.6 is 0 Å². The van der Waals surface area contributed by atoms with Gasteiger partial charge in [-0.3, -0.25) is 9.59 Å². The Morgan fingerprint density at radius 1 is 1.15 bits per heavy atom. The van der Waals surface area contributed by atoms with Crippen molar-refractivity contribution >= 4 is 5.69 Å². The fraction of sp³-hybridized carbons (Fsp3) is 0.286. The molecule has 0 radical (unpaired) electrons. The molecule has 2 aromatic carbocycles. The maximum absolute atomic E-state index is 11.4. The highest BCUT2D eigenvalue weighted by molar-refractivity contribution is 5.61. The summed E-state index contributed by atoms with van der Waals surface area (Å²) in [5.74, 6) is -0.277. The van der Waals surface area contributed by atoms with Crippen molar-refractivity contribution < 1.29 is 14.9 Å². The van der Waals surface area contributed by atoms with E-state index in [2.05, 4.69) is 5.32 Å². The summed E-state index contributed by atoms with van der Waals surface area (Å²) < 4.78 is 5.08. The highest BCUT2D eigenvalue weighted by atomic mass is 16.5. The first kappa shape index (κ1) is 13.9. The Morgan fingerprint density at radius 3 is 2.55 bits per heavy atom. The third kappa shape index (κ3) is 2.59. The van der Waals surface area contributed by atoms with Gasteiger partial charge in [0.2, 0.25) is 0 Å². The lowest BCUT2D eigenvalue weighted by Crippen LogP contribution is -2.36.